The highest BCUT2D eigenvalue weighted by molar-refractivity contribution is 7.80. The fourth-order valence-electron chi connectivity index (χ4n) is 2.61. The Bertz CT molecular complexity index is 1010. The summed E-state index contributed by atoms with van der Waals surface area (Å²) in [5.41, 5.74) is 5.77. The fourth-order valence-corrected chi connectivity index (χ4v) is 2.74. The predicted octanol–water partition coefficient (Wildman–Crippen LogP) is 3.95. The van der Waals surface area contributed by atoms with Gasteiger partial charge in [0.15, 0.2) is 5.11 Å². The first-order chi connectivity index (χ1) is 13.5. The Morgan fingerprint density at radius 3 is 2.68 bits per heavy atom. The maximum Gasteiger partial charge on any atom is 0.335 e. The Morgan fingerprint density at radius 1 is 1.18 bits per heavy atom. The third-order valence-electron chi connectivity index (χ3n) is 4.02. The van der Waals surface area contributed by atoms with Gasteiger partial charge in [-0.05, 0) is 54.5 Å². The van der Waals surface area contributed by atoms with Crippen molar-refractivity contribution in [1.29, 1.82) is 0 Å². The van der Waals surface area contributed by atoms with Crippen LogP contribution in [0.25, 0.3) is 11.3 Å². The van der Waals surface area contributed by atoms with E-state index in [9.17, 15) is 4.79 Å². The number of furan rings is 1. The molecule has 0 atom stereocenters. The minimum atomic E-state index is -0.954. The zero-order valence-corrected chi connectivity index (χ0v) is 16.0. The van der Waals surface area contributed by atoms with Gasteiger partial charge >= 0.3 is 5.97 Å². The zero-order chi connectivity index (χ0) is 19.9. The van der Waals surface area contributed by atoms with E-state index in [2.05, 4.69) is 15.8 Å². The van der Waals surface area contributed by atoms with Crippen LogP contribution in [0.3, 0.4) is 0 Å². The minimum absolute atomic E-state index is 0.246. The van der Waals surface area contributed by atoms with E-state index in [1.54, 1.807) is 24.3 Å². The summed E-state index contributed by atoms with van der Waals surface area (Å²) in [5, 5.41) is 16.6. The summed E-state index contributed by atoms with van der Waals surface area (Å²) in [7, 11) is 0. The van der Waals surface area contributed by atoms with E-state index >= 15 is 0 Å². The molecule has 0 saturated heterocycles. The van der Waals surface area contributed by atoms with Crippen molar-refractivity contribution >= 4 is 29.5 Å². The van der Waals surface area contributed by atoms with Crippen LogP contribution >= 0.6 is 12.2 Å². The van der Waals surface area contributed by atoms with Crippen LogP contribution in [0.4, 0.5) is 0 Å². The second-order valence-electron chi connectivity index (χ2n) is 6.08. The van der Waals surface area contributed by atoms with E-state index in [0.717, 1.165) is 16.7 Å². The molecular formula is C21H19N3O3S. The number of hydrazone groups is 1. The average Bonchev–Trinajstić information content (AvgIpc) is 3.15. The van der Waals surface area contributed by atoms with Gasteiger partial charge in [-0.15, -0.1) is 0 Å². The summed E-state index contributed by atoms with van der Waals surface area (Å²) in [6.45, 7) is 2.45. The lowest BCUT2D eigenvalue weighted by atomic mass is 10.0. The first-order valence-corrected chi connectivity index (χ1v) is 8.99. The molecule has 2 aromatic carbocycles. The second kappa shape index (κ2) is 8.96. The molecule has 0 aliphatic rings. The summed E-state index contributed by atoms with van der Waals surface area (Å²) < 4.78 is 5.76. The molecule has 142 valence electrons. The van der Waals surface area contributed by atoms with Crippen LogP contribution in [-0.4, -0.2) is 22.4 Å². The molecule has 6 nitrogen and oxygen atoms in total. The van der Waals surface area contributed by atoms with Gasteiger partial charge in [0.1, 0.15) is 11.5 Å². The van der Waals surface area contributed by atoms with E-state index < -0.39 is 5.97 Å². The number of thiocarbonyl (C=S) groups is 1. The lowest BCUT2D eigenvalue weighted by molar-refractivity contribution is 0.0697. The number of carboxylic acid groups (broad SMARTS) is 1. The number of nitrogens with one attached hydrogen (secondary N) is 2. The van der Waals surface area contributed by atoms with Gasteiger partial charge in [0.05, 0.1) is 11.8 Å². The topological polar surface area (TPSA) is 86.9 Å². The molecule has 0 aliphatic carbocycles. The summed E-state index contributed by atoms with van der Waals surface area (Å²) in [4.78, 5) is 11.0. The molecular weight excluding hydrogens is 374 g/mol. The highest BCUT2D eigenvalue weighted by Gasteiger charge is 2.10. The molecule has 1 aromatic heterocycles. The van der Waals surface area contributed by atoms with Gasteiger partial charge in [-0.3, -0.25) is 5.43 Å². The van der Waals surface area contributed by atoms with Crippen molar-refractivity contribution in [2.24, 2.45) is 5.10 Å². The van der Waals surface area contributed by atoms with E-state index in [4.69, 9.17) is 21.7 Å². The molecule has 0 unspecified atom stereocenters. The van der Waals surface area contributed by atoms with Crippen molar-refractivity contribution in [3.8, 4) is 11.3 Å². The van der Waals surface area contributed by atoms with Crippen LogP contribution in [-0.2, 0) is 6.54 Å². The summed E-state index contributed by atoms with van der Waals surface area (Å²) >= 11 is 5.19. The van der Waals surface area contributed by atoms with Crippen molar-refractivity contribution in [2.45, 2.75) is 13.5 Å². The quantitative estimate of drug-likeness (QED) is 0.334. The number of carboxylic acids is 1. The molecule has 7 heteroatoms. The summed E-state index contributed by atoms with van der Waals surface area (Å²) in [5.74, 6) is 0.237. The molecule has 3 aromatic rings. The van der Waals surface area contributed by atoms with Gasteiger partial charge in [-0.1, -0.05) is 36.4 Å². The van der Waals surface area contributed by atoms with Gasteiger partial charge in [-0.2, -0.15) is 5.10 Å². The van der Waals surface area contributed by atoms with Crippen LogP contribution in [0.15, 0.2) is 70.2 Å². The highest BCUT2D eigenvalue weighted by atomic mass is 32.1. The largest absolute Gasteiger partial charge is 0.478 e. The van der Waals surface area contributed by atoms with Crippen molar-refractivity contribution < 1.29 is 14.3 Å². The van der Waals surface area contributed by atoms with Crippen LogP contribution in [0.2, 0.25) is 0 Å². The molecule has 0 fully saturated rings. The normalized spacial score (nSPS) is 10.8. The molecule has 0 spiro atoms. The molecule has 1 heterocycles. The Hall–Kier alpha value is -3.45. The number of rotatable bonds is 6. The monoisotopic (exact) mass is 393 g/mol. The lowest BCUT2D eigenvalue weighted by Crippen LogP contribution is -2.31. The number of benzene rings is 2. The Labute approximate surface area is 167 Å². The smallest absolute Gasteiger partial charge is 0.335 e. The first-order valence-electron chi connectivity index (χ1n) is 8.58. The Balaban J connectivity index is 1.57. The summed E-state index contributed by atoms with van der Waals surface area (Å²) in [6.07, 6.45) is 1.53. The lowest BCUT2D eigenvalue weighted by Gasteiger charge is -2.06. The predicted molar refractivity (Wildman–Crippen MR) is 112 cm³/mol. The number of nitrogens with zero attached hydrogens (tertiary/aromatic N) is 1. The molecule has 0 radical (unpaired) electrons. The van der Waals surface area contributed by atoms with E-state index in [1.165, 1.54) is 6.21 Å². The van der Waals surface area contributed by atoms with Gasteiger partial charge in [0, 0.05) is 12.1 Å². The average molecular weight is 393 g/mol. The van der Waals surface area contributed by atoms with Gasteiger partial charge in [-0.25, -0.2) is 4.79 Å². The molecule has 28 heavy (non-hydrogen) atoms. The summed E-state index contributed by atoms with van der Waals surface area (Å²) in [6, 6.07) is 18.4. The first kappa shape index (κ1) is 19.3. The van der Waals surface area contributed by atoms with Crippen LogP contribution in [0, 0.1) is 6.92 Å². The Morgan fingerprint density at radius 2 is 1.96 bits per heavy atom. The number of aryl methyl sites for hydroxylation is 1. The van der Waals surface area contributed by atoms with E-state index in [-0.39, 0.29) is 5.56 Å². The Kier molecular flexibility index (Phi) is 6.18. The molecule has 0 saturated carbocycles. The fraction of sp³-hybridized carbons (Fsp3) is 0.0952. The van der Waals surface area contributed by atoms with Gasteiger partial charge in [0.25, 0.3) is 0 Å². The van der Waals surface area contributed by atoms with Crippen molar-refractivity contribution in [2.75, 3.05) is 0 Å². The third-order valence-corrected chi connectivity index (χ3v) is 4.26. The van der Waals surface area contributed by atoms with E-state index in [0.29, 0.717) is 23.2 Å². The van der Waals surface area contributed by atoms with Gasteiger partial charge < -0.3 is 14.8 Å². The van der Waals surface area contributed by atoms with Crippen LogP contribution in [0.1, 0.15) is 27.2 Å². The zero-order valence-electron chi connectivity index (χ0n) is 15.2. The number of carbonyl (C=O) groups is 1. The highest BCUT2D eigenvalue weighted by Crippen LogP contribution is 2.26. The molecule has 3 N–H and O–H groups in total. The SMILES string of the molecule is Cc1cc(C(=O)O)ccc1-c1ccc(/C=N/NC(=S)NCc2ccccc2)o1. The maximum atomic E-state index is 11.0. The maximum absolute atomic E-state index is 11.0. The molecule has 3 rings (SSSR count). The molecule has 0 aliphatic heterocycles. The standard InChI is InChI=1S/C21H19N3O3S/c1-14-11-16(20(25)26)7-9-18(14)19-10-8-17(27-19)13-23-24-21(28)22-12-15-5-3-2-4-6-15/h2-11,13H,12H2,1H3,(H,25,26)(H2,22,24,28)/b23-13+. The van der Waals surface area contributed by atoms with Crippen molar-refractivity contribution in [3.05, 3.63) is 83.1 Å². The second-order valence-corrected chi connectivity index (χ2v) is 6.48. The van der Waals surface area contributed by atoms with Gasteiger partial charge in [0.2, 0.25) is 0 Å². The minimum Gasteiger partial charge on any atom is -0.478 e. The number of hydrogen-bond acceptors (Lipinski definition) is 4. The van der Waals surface area contributed by atoms with Crippen LogP contribution < -0.4 is 10.7 Å². The third kappa shape index (κ3) is 5.05. The molecule has 0 bridgehead atoms. The van der Waals surface area contributed by atoms with Crippen LogP contribution in [0.5, 0.6) is 0 Å². The van der Waals surface area contributed by atoms with Crippen molar-refractivity contribution in [3.63, 3.8) is 0 Å². The van der Waals surface area contributed by atoms with E-state index in [1.807, 2.05) is 43.3 Å². The van der Waals surface area contributed by atoms with Crippen molar-refractivity contribution in [1.82, 2.24) is 10.7 Å². The number of aromatic carboxylic acids is 1. The molecule has 0 amide bonds. The number of hydrogen-bond donors (Lipinski definition) is 3.